The molecular weight excluding hydrogens is 364 g/mol. The number of nitrogens with zero attached hydrogens (tertiary/aromatic N) is 2. The van der Waals surface area contributed by atoms with Gasteiger partial charge in [-0.05, 0) is 38.2 Å². The summed E-state index contributed by atoms with van der Waals surface area (Å²) in [5.41, 5.74) is 2.60. The minimum Gasteiger partial charge on any atom is -0.238 e. The van der Waals surface area contributed by atoms with Gasteiger partial charge in [0.15, 0.2) is 0 Å². The molecule has 30 heavy (non-hydrogen) atoms. The SMILES string of the molecule is CCCCCCCCCCc1cc(CCCCCCCCCC)nc(CCCC)n1. The van der Waals surface area contributed by atoms with Gasteiger partial charge < -0.3 is 0 Å². The van der Waals surface area contributed by atoms with Crippen molar-refractivity contribution in [3.8, 4) is 0 Å². The first-order valence-electron chi connectivity index (χ1n) is 13.7. The Hall–Kier alpha value is -0.920. The van der Waals surface area contributed by atoms with Crippen LogP contribution in [-0.2, 0) is 19.3 Å². The smallest absolute Gasteiger partial charge is 0.128 e. The third-order valence-corrected chi connectivity index (χ3v) is 6.21. The summed E-state index contributed by atoms with van der Waals surface area (Å²) in [6.45, 7) is 6.84. The van der Waals surface area contributed by atoms with Crippen molar-refractivity contribution in [1.29, 1.82) is 0 Å². The number of hydrogen-bond donors (Lipinski definition) is 0. The molecule has 0 atom stereocenters. The topological polar surface area (TPSA) is 25.8 Å². The Labute approximate surface area is 189 Å². The molecule has 0 radical (unpaired) electrons. The van der Waals surface area contributed by atoms with E-state index >= 15 is 0 Å². The van der Waals surface area contributed by atoms with E-state index in [4.69, 9.17) is 9.97 Å². The van der Waals surface area contributed by atoms with Crippen LogP contribution < -0.4 is 0 Å². The van der Waals surface area contributed by atoms with Crippen molar-refractivity contribution in [2.75, 3.05) is 0 Å². The van der Waals surface area contributed by atoms with Crippen molar-refractivity contribution in [3.05, 3.63) is 23.3 Å². The molecule has 2 nitrogen and oxygen atoms in total. The van der Waals surface area contributed by atoms with Gasteiger partial charge in [0.1, 0.15) is 5.82 Å². The molecule has 2 heteroatoms. The Morgan fingerprint density at radius 3 is 1.20 bits per heavy atom. The highest BCUT2D eigenvalue weighted by atomic mass is 14.9. The molecule has 1 aromatic heterocycles. The van der Waals surface area contributed by atoms with E-state index in [-0.39, 0.29) is 0 Å². The van der Waals surface area contributed by atoms with E-state index in [2.05, 4.69) is 26.8 Å². The first kappa shape index (κ1) is 27.1. The molecule has 0 aromatic carbocycles. The first-order valence-corrected chi connectivity index (χ1v) is 13.7. The van der Waals surface area contributed by atoms with Crippen molar-refractivity contribution in [3.63, 3.8) is 0 Å². The van der Waals surface area contributed by atoms with Crippen LogP contribution in [0.25, 0.3) is 0 Å². The van der Waals surface area contributed by atoms with Gasteiger partial charge in [-0.15, -0.1) is 0 Å². The summed E-state index contributed by atoms with van der Waals surface area (Å²) in [6.07, 6.45) is 27.8. The Morgan fingerprint density at radius 2 is 0.800 bits per heavy atom. The van der Waals surface area contributed by atoms with Crippen LogP contribution in [0.15, 0.2) is 6.07 Å². The van der Waals surface area contributed by atoms with Crippen LogP contribution in [0.3, 0.4) is 0 Å². The highest BCUT2D eigenvalue weighted by Crippen LogP contribution is 2.15. The van der Waals surface area contributed by atoms with E-state index in [1.165, 1.54) is 127 Å². The second kappa shape index (κ2) is 20.0. The van der Waals surface area contributed by atoms with Crippen LogP contribution in [0.4, 0.5) is 0 Å². The number of aromatic nitrogens is 2. The van der Waals surface area contributed by atoms with Gasteiger partial charge in [0.2, 0.25) is 0 Å². The van der Waals surface area contributed by atoms with Gasteiger partial charge in [0.05, 0.1) is 0 Å². The Kier molecular flexibility index (Phi) is 18.1. The van der Waals surface area contributed by atoms with E-state index in [0.717, 1.165) is 25.1 Å². The molecule has 0 aliphatic heterocycles. The van der Waals surface area contributed by atoms with Gasteiger partial charge >= 0.3 is 0 Å². The van der Waals surface area contributed by atoms with Crippen LogP contribution in [-0.4, -0.2) is 9.97 Å². The summed E-state index contributed by atoms with van der Waals surface area (Å²) in [7, 11) is 0. The van der Waals surface area contributed by atoms with E-state index in [1.54, 1.807) is 0 Å². The molecule has 1 rings (SSSR count). The summed E-state index contributed by atoms with van der Waals surface area (Å²) in [5.74, 6) is 1.10. The average molecular weight is 417 g/mol. The van der Waals surface area contributed by atoms with Crippen molar-refractivity contribution < 1.29 is 0 Å². The quantitative estimate of drug-likeness (QED) is 0.187. The highest BCUT2D eigenvalue weighted by Gasteiger charge is 2.06. The zero-order valence-electron chi connectivity index (χ0n) is 20.8. The minimum atomic E-state index is 1.05. The second-order valence-electron chi connectivity index (χ2n) is 9.32. The summed E-state index contributed by atoms with van der Waals surface area (Å²) >= 11 is 0. The van der Waals surface area contributed by atoms with E-state index in [0.29, 0.717) is 0 Å². The van der Waals surface area contributed by atoms with Crippen LogP contribution in [0.2, 0.25) is 0 Å². The molecule has 0 saturated heterocycles. The fourth-order valence-corrected chi connectivity index (χ4v) is 4.20. The zero-order valence-corrected chi connectivity index (χ0v) is 20.8. The molecule has 0 bridgehead atoms. The fraction of sp³-hybridized carbons (Fsp3) is 0.857. The number of aryl methyl sites for hydroxylation is 3. The lowest BCUT2D eigenvalue weighted by atomic mass is 10.0. The van der Waals surface area contributed by atoms with E-state index < -0.39 is 0 Å². The summed E-state index contributed by atoms with van der Waals surface area (Å²) in [4.78, 5) is 9.81. The maximum atomic E-state index is 4.90. The van der Waals surface area contributed by atoms with Gasteiger partial charge in [-0.2, -0.15) is 0 Å². The molecule has 0 spiro atoms. The summed E-state index contributed by atoms with van der Waals surface area (Å²) < 4.78 is 0. The molecule has 0 saturated carbocycles. The largest absolute Gasteiger partial charge is 0.238 e. The van der Waals surface area contributed by atoms with E-state index in [9.17, 15) is 0 Å². The highest BCUT2D eigenvalue weighted by molar-refractivity contribution is 5.12. The molecule has 1 aromatic rings. The molecule has 0 amide bonds. The monoisotopic (exact) mass is 416 g/mol. The predicted molar refractivity (Wildman–Crippen MR) is 133 cm³/mol. The van der Waals surface area contributed by atoms with Gasteiger partial charge in [0, 0.05) is 17.8 Å². The molecule has 0 fully saturated rings. The summed E-state index contributed by atoms with van der Waals surface area (Å²) in [5, 5.41) is 0. The number of rotatable bonds is 21. The van der Waals surface area contributed by atoms with Crippen molar-refractivity contribution in [2.45, 2.75) is 156 Å². The van der Waals surface area contributed by atoms with E-state index in [1.807, 2.05) is 0 Å². The van der Waals surface area contributed by atoms with Crippen molar-refractivity contribution >= 4 is 0 Å². The Morgan fingerprint density at radius 1 is 0.433 bits per heavy atom. The van der Waals surface area contributed by atoms with Crippen molar-refractivity contribution in [1.82, 2.24) is 9.97 Å². The first-order chi connectivity index (χ1) is 14.8. The average Bonchev–Trinajstić information content (AvgIpc) is 2.76. The fourth-order valence-electron chi connectivity index (χ4n) is 4.20. The standard InChI is InChI=1S/C28H52N2/c1-4-7-10-12-14-16-18-20-22-26-25-27(30-28(29-26)24-9-6-3)23-21-19-17-15-13-11-8-5-2/h25H,4-24H2,1-3H3. The molecule has 0 N–H and O–H groups in total. The van der Waals surface area contributed by atoms with Crippen LogP contribution >= 0.6 is 0 Å². The Bertz CT molecular complexity index is 459. The maximum absolute atomic E-state index is 4.90. The summed E-state index contributed by atoms with van der Waals surface area (Å²) in [6, 6.07) is 2.32. The molecule has 174 valence electrons. The van der Waals surface area contributed by atoms with Gasteiger partial charge in [-0.25, -0.2) is 9.97 Å². The third kappa shape index (κ3) is 15.0. The van der Waals surface area contributed by atoms with Crippen molar-refractivity contribution in [2.24, 2.45) is 0 Å². The van der Waals surface area contributed by atoms with Gasteiger partial charge in [-0.1, -0.05) is 117 Å². The number of hydrogen-bond acceptors (Lipinski definition) is 2. The normalized spacial score (nSPS) is 11.3. The Balaban J connectivity index is 2.34. The molecule has 1 heterocycles. The third-order valence-electron chi connectivity index (χ3n) is 6.21. The molecule has 0 aliphatic carbocycles. The molecule has 0 aliphatic rings. The lowest BCUT2D eigenvalue weighted by molar-refractivity contribution is 0.569. The molecular formula is C28H52N2. The van der Waals surface area contributed by atoms with Gasteiger partial charge in [-0.3, -0.25) is 0 Å². The second-order valence-corrected chi connectivity index (χ2v) is 9.32. The van der Waals surface area contributed by atoms with Gasteiger partial charge in [0.25, 0.3) is 0 Å². The lowest BCUT2D eigenvalue weighted by Crippen LogP contribution is -2.04. The van der Waals surface area contributed by atoms with Crippen LogP contribution in [0.5, 0.6) is 0 Å². The number of unbranched alkanes of at least 4 members (excludes halogenated alkanes) is 15. The van der Waals surface area contributed by atoms with Crippen LogP contribution in [0.1, 0.15) is 154 Å². The maximum Gasteiger partial charge on any atom is 0.128 e. The van der Waals surface area contributed by atoms with Crippen LogP contribution in [0, 0.1) is 0 Å². The lowest BCUT2D eigenvalue weighted by Gasteiger charge is -2.09. The molecule has 0 unspecified atom stereocenters. The minimum absolute atomic E-state index is 1.05. The predicted octanol–water partition coefficient (Wildman–Crippen LogP) is 9.19. The zero-order chi connectivity index (χ0) is 21.7.